The van der Waals surface area contributed by atoms with Crippen LogP contribution in [0.4, 0.5) is 0 Å². The van der Waals surface area contributed by atoms with Crippen LogP contribution in [0.25, 0.3) is 0 Å². The maximum absolute atomic E-state index is 13.1. The summed E-state index contributed by atoms with van der Waals surface area (Å²) in [5.41, 5.74) is 1.08. The van der Waals surface area contributed by atoms with Gasteiger partial charge >= 0.3 is 0 Å². The van der Waals surface area contributed by atoms with E-state index in [-0.39, 0.29) is 35.7 Å². The molecule has 0 fully saturated rings. The molecule has 7 nitrogen and oxygen atoms in total. The van der Waals surface area contributed by atoms with Crippen LogP contribution in [-0.2, 0) is 26.0 Å². The summed E-state index contributed by atoms with van der Waals surface area (Å²) in [6.07, 6.45) is 1.15. The van der Waals surface area contributed by atoms with Gasteiger partial charge < -0.3 is 10.2 Å². The fourth-order valence-electron chi connectivity index (χ4n) is 3.46. The molecule has 1 unspecified atom stereocenters. The van der Waals surface area contributed by atoms with E-state index in [0.717, 1.165) is 5.56 Å². The van der Waals surface area contributed by atoms with Crippen LogP contribution in [0.1, 0.15) is 39.2 Å². The number of hydrogen-bond donors (Lipinski definition) is 1. The minimum absolute atomic E-state index is 0.0251. The number of nitrogens with zero attached hydrogens (tertiary/aromatic N) is 2. The first-order valence-electron chi connectivity index (χ1n) is 11.3. The molecule has 0 spiro atoms. The van der Waals surface area contributed by atoms with Gasteiger partial charge in [0.05, 0.1) is 4.90 Å². The van der Waals surface area contributed by atoms with Crippen LogP contribution in [0.5, 0.6) is 0 Å². The fraction of sp³-hybridized carbons (Fsp3) is 0.440. The van der Waals surface area contributed by atoms with E-state index in [1.807, 2.05) is 44.2 Å². The van der Waals surface area contributed by atoms with Crippen molar-refractivity contribution < 1.29 is 18.0 Å². The van der Waals surface area contributed by atoms with Crippen LogP contribution in [0.3, 0.4) is 0 Å². The normalized spacial score (nSPS) is 12.5. The van der Waals surface area contributed by atoms with Crippen molar-refractivity contribution >= 4 is 21.8 Å². The summed E-state index contributed by atoms with van der Waals surface area (Å²) in [5, 5.41) is 2.87. The van der Waals surface area contributed by atoms with Gasteiger partial charge in [0.25, 0.3) is 0 Å². The summed E-state index contributed by atoms with van der Waals surface area (Å²) in [6, 6.07) is 17.4. The molecule has 2 rings (SSSR count). The lowest BCUT2D eigenvalue weighted by Gasteiger charge is -2.29. The average molecular weight is 474 g/mol. The SMILES string of the molecule is CC(C)NC(=O)C(C)N(CCc1ccccc1)C(=O)CCCN(C)S(=O)(=O)c1ccccc1. The number of benzene rings is 2. The van der Waals surface area contributed by atoms with Crippen molar-refractivity contribution in [3.05, 3.63) is 66.2 Å². The Morgan fingerprint density at radius 1 is 0.909 bits per heavy atom. The molecule has 0 saturated carbocycles. The summed E-state index contributed by atoms with van der Waals surface area (Å²) in [4.78, 5) is 27.5. The van der Waals surface area contributed by atoms with Gasteiger partial charge in [-0.3, -0.25) is 9.59 Å². The smallest absolute Gasteiger partial charge is 0.242 e. The van der Waals surface area contributed by atoms with Crippen molar-refractivity contribution in [2.45, 2.75) is 57.0 Å². The van der Waals surface area contributed by atoms with E-state index in [0.29, 0.717) is 19.4 Å². The van der Waals surface area contributed by atoms with E-state index in [1.54, 1.807) is 42.2 Å². The molecule has 0 heterocycles. The Kier molecular flexibility index (Phi) is 10.1. The van der Waals surface area contributed by atoms with Gasteiger partial charge in [-0.1, -0.05) is 48.5 Å². The van der Waals surface area contributed by atoms with Crippen molar-refractivity contribution in [1.29, 1.82) is 0 Å². The van der Waals surface area contributed by atoms with Gasteiger partial charge in [0, 0.05) is 32.6 Å². The van der Waals surface area contributed by atoms with Crippen molar-refractivity contribution in [2.75, 3.05) is 20.1 Å². The average Bonchev–Trinajstić information content (AvgIpc) is 2.79. The van der Waals surface area contributed by atoms with E-state index in [2.05, 4.69) is 5.32 Å². The third-order valence-corrected chi connectivity index (χ3v) is 7.27. The first-order chi connectivity index (χ1) is 15.6. The Morgan fingerprint density at radius 3 is 2.06 bits per heavy atom. The van der Waals surface area contributed by atoms with E-state index in [4.69, 9.17) is 0 Å². The van der Waals surface area contributed by atoms with Crippen LogP contribution < -0.4 is 5.32 Å². The molecule has 0 bridgehead atoms. The van der Waals surface area contributed by atoms with Crippen molar-refractivity contribution in [3.63, 3.8) is 0 Å². The van der Waals surface area contributed by atoms with Crippen LogP contribution in [0.15, 0.2) is 65.6 Å². The number of carbonyl (C=O) groups excluding carboxylic acids is 2. The van der Waals surface area contributed by atoms with Crippen molar-refractivity contribution in [2.24, 2.45) is 0 Å². The van der Waals surface area contributed by atoms with Crippen LogP contribution in [0.2, 0.25) is 0 Å². The third-order valence-electron chi connectivity index (χ3n) is 5.40. The number of sulfonamides is 1. The molecule has 33 heavy (non-hydrogen) atoms. The van der Waals surface area contributed by atoms with E-state index in [1.165, 1.54) is 11.4 Å². The Labute approximate surface area is 197 Å². The third kappa shape index (κ3) is 7.98. The standard InChI is InChI=1S/C25H35N3O4S/c1-20(2)26-25(30)21(3)28(19-17-22-12-7-5-8-13-22)24(29)16-11-18-27(4)33(31,32)23-14-9-6-10-15-23/h5-10,12-15,20-21H,11,16-19H2,1-4H3,(H,26,30). The van der Waals surface area contributed by atoms with Gasteiger partial charge in [-0.25, -0.2) is 12.7 Å². The number of nitrogens with one attached hydrogen (secondary N) is 1. The zero-order valence-corrected chi connectivity index (χ0v) is 20.7. The number of carbonyl (C=O) groups is 2. The molecule has 2 amide bonds. The summed E-state index contributed by atoms with van der Waals surface area (Å²) in [7, 11) is -2.09. The number of hydrogen-bond acceptors (Lipinski definition) is 4. The summed E-state index contributed by atoms with van der Waals surface area (Å²) in [5.74, 6) is -0.363. The van der Waals surface area contributed by atoms with Crippen molar-refractivity contribution in [3.8, 4) is 0 Å². The molecule has 0 radical (unpaired) electrons. The highest BCUT2D eigenvalue weighted by Crippen LogP contribution is 2.15. The Balaban J connectivity index is 2.01. The predicted octanol–water partition coefficient (Wildman–Crippen LogP) is 3.07. The highest BCUT2D eigenvalue weighted by atomic mass is 32.2. The Hall–Kier alpha value is -2.71. The van der Waals surface area contributed by atoms with Crippen LogP contribution in [-0.4, -0.2) is 61.7 Å². The van der Waals surface area contributed by atoms with E-state index < -0.39 is 16.1 Å². The molecule has 1 N–H and O–H groups in total. The molecule has 0 saturated heterocycles. The van der Waals surface area contributed by atoms with Crippen molar-refractivity contribution in [1.82, 2.24) is 14.5 Å². The van der Waals surface area contributed by atoms with Gasteiger partial charge in [0.2, 0.25) is 21.8 Å². The van der Waals surface area contributed by atoms with Gasteiger partial charge in [-0.2, -0.15) is 0 Å². The van der Waals surface area contributed by atoms with Gasteiger partial charge in [-0.15, -0.1) is 0 Å². The molecule has 0 aromatic heterocycles. The largest absolute Gasteiger partial charge is 0.352 e. The zero-order chi connectivity index (χ0) is 24.4. The lowest BCUT2D eigenvalue weighted by Crippen LogP contribution is -2.50. The highest BCUT2D eigenvalue weighted by molar-refractivity contribution is 7.89. The van der Waals surface area contributed by atoms with Gasteiger partial charge in [0.1, 0.15) is 6.04 Å². The lowest BCUT2D eigenvalue weighted by molar-refractivity contribution is -0.140. The maximum Gasteiger partial charge on any atom is 0.242 e. The van der Waals surface area contributed by atoms with Gasteiger partial charge in [0.15, 0.2) is 0 Å². The highest BCUT2D eigenvalue weighted by Gasteiger charge is 2.26. The Morgan fingerprint density at radius 2 is 1.48 bits per heavy atom. The monoisotopic (exact) mass is 473 g/mol. The quantitative estimate of drug-likeness (QED) is 0.513. The first-order valence-corrected chi connectivity index (χ1v) is 12.7. The minimum atomic E-state index is -3.60. The summed E-state index contributed by atoms with van der Waals surface area (Å²) in [6.45, 7) is 6.11. The molecule has 1 atom stereocenters. The van der Waals surface area contributed by atoms with Gasteiger partial charge in [-0.05, 0) is 51.3 Å². The molecule has 0 aliphatic carbocycles. The lowest BCUT2D eigenvalue weighted by atomic mass is 10.1. The molecule has 0 aliphatic rings. The number of rotatable bonds is 12. The molecule has 2 aromatic carbocycles. The number of amides is 2. The molecule has 180 valence electrons. The molecular formula is C25H35N3O4S. The zero-order valence-electron chi connectivity index (χ0n) is 19.9. The molecular weight excluding hydrogens is 438 g/mol. The Bertz CT molecular complexity index is 995. The molecule has 0 aliphatic heterocycles. The molecule has 2 aromatic rings. The second-order valence-electron chi connectivity index (χ2n) is 8.41. The maximum atomic E-state index is 13.1. The fourth-order valence-corrected chi connectivity index (χ4v) is 4.69. The van der Waals surface area contributed by atoms with E-state index >= 15 is 0 Å². The first kappa shape index (κ1) is 26.5. The predicted molar refractivity (Wildman–Crippen MR) is 130 cm³/mol. The second kappa shape index (κ2) is 12.5. The van der Waals surface area contributed by atoms with Crippen LogP contribution >= 0.6 is 0 Å². The molecule has 8 heteroatoms. The van der Waals surface area contributed by atoms with Crippen LogP contribution in [0, 0.1) is 0 Å². The second-order valence-corrected chi connectivity index (χ2v) is 10.5. The summed E-state index contributed by atoms with van der Waals surface area (Å²) >= 11 is 0. The van der Waals surface area contributed by atoms with E-state index in [9.17, 15) is 18.0 Å². The topological polar surface area (TPSA) is 86.8 Å². The summed E-state index contributed by atoms with van der Waals surface area (Å²) < 4.78 is 26.6. The minimum Gasteiger partial charge on any atom is -0.352 e.